The zero-order valence-corrected chi connectivity index (χ0v) is 13.8. The predicted octanol–water partition coefficient (Wildman–Crippen LogP) is 2.65. The highest BCUT2D eigenvalue weighted by Crippen LogP contribution is 2.26. The minimum absolute atomic E-state index is 0.0786. The molecule has 0 aliphatic carbocycles. The summed E-state index contributed by atoms with van der Waals surface area (Å²) in [5.74, 6) is 0. The summed E-state index contributed by atoms with van der Waals surface area (Å²) in [7, 11) is -3.89. The molecule has 0 aliphatic heterocycles. The van der Waals surface area contributed by atoms with Gasteiger partial charge in [0, 0.05) is 30.6 Å². The highest BCUT2D eigenvalue weighted by Gasteiger charge is 2.24. The number of nitro groups is 1. The smallest absolute Gasteiger partial charge is 0.265 e. The van der Waals surface area contributed by atoms with Crippen LogP contribution in [-0.2, 0) is 10.0 Å². The summed E-state index contributed by atoms with van der Waals surface area (Å²) in [4.78, 5) is 14.2. The van der Waals surface area contributed by atoms with Gasteiger partial charge in [-0.25, -0.2) is 13.1 Å². The Kier molecular flexibility index (Phi) is 4.76. The monoisotopic (exact) mass is 335 g/mol. The summed E-state index contributed by atoms with van der Waals surface area (Å²) < 4.78 is 27.8. The molecule has 0 unspecified atom stereocenters. The van der Waals surface area contributed by atoms with Gasteiger partial charge in [-0.3, -0.25) is 15.1 Å². The third-order valence-electron chi connectivity index (χ3n) is 3.64. The zero-order valence-electron chi connectivity index (χ0n) is 13.0. The molecule has 23 heavy (non-hydrogen) atoms. The van der Waals surface area contributed by atoms with Gasteiger partial charge in [-0.15, -0.1) is 0 Å². The average molecular weight is 335 g/mol. The molecule has 2 rings (SSSR count). The molecule has 1 aromatic heterocycles. The molecule has 0 amide bonds. The normalized spacial score (nSPS) is 12.8. The third-order valence-corrected chi connectivity index (χ3v) is 5.31. The van der Waals surface area contributed by atoms with E-state index in [2.05, 4.69) is 9.71 Å². The SMILES string of the molecule is Cc1cc([N+](=O)[O-])cc(S(=O)(=O)N[C@@H](C)c2ccncc2)c1C. The summed E-state index contributed by atoms with van der Waals surface area (Å²) >= 11 is 0. The van der Waals surface area contributed by atoms with Crippen molar-refractivity contribution < 1.29 is 13.3 Å². The van der Waals surface area contributed by atoms with Crippen molar-refractivity contribution in [1.29, 1.82) is 0 Å². The molecule has 122 valence electrons. The summed E-state index contributed by atoms with van der Waals surface area (Å²) in [6.07, 6.45) is 3.14. The lowest BCUT2D eigenvalue weighted by molar-refractivity contribution is -0.385. The van der Waals surface area contributed by atoms with Gasteiger partial charge in [0.15, 0.2) is 0 Å². The van der Waals surface area contributed by atoms with Crippen LogP contribution in [0.15, 0.2) is 41.6 Å². The van der Waals surface area contributed by atoms with Crippen LogP contribution in [-0.4, -0.2) is 18.3 Å². The lowest BCUT2D eigenvalue weighted by Crippen LogP contribution is -2.27. The molecule has 7 nitrogen and oxygen atoms in total. The van der Waals surface area contributed by atoms with Gasteiger partial charge in [-0.1, -0.05) is 0 Å². The first kappa shape index (κ1) is 17.0. The number of hydrogen-bond donors (Lipinski definition) is 1. The molecule has 1 atom stereocenters. The van der Waals surface area contributed by atoms with Crippen molar-refractivity contribution in [2.24, 2.45) is 0 Å². The van der Waals surface area contributed by atoms with Gasteiger partial charge in [0.05, 0.1) is 9.82 Å². The van der Waals surface area contributed by atoms with Crippen molar-refractivity contribution in [3.63, 3.8) is 0 Å². The number of sulfonamides is 1. The maximum Gasteiger partial charge on any atom is 0.271 e. The van der Waals surface area contributed by atoms with Crippen molar-refractivity contribution in [2.75, 3.05) is 0 Å². The Bertz CT molecular complexity index is 835. The van der Waals surface area contributed by atoms with Crippen LogP contribution >= 0.6 is 0 Å². The molecule has 0 radical (unpaired) electrons. The van der Waals surface area contributed by atoms with Crippen molar-refractivity contribution in [1.82, 2.24) is 9.71 Å². The van der Waals surface area contributed by atoms with E-state index in [1.165, 1.54) is 6.07 Å². The molecule has 0 bridgehead atoms. The minimum atomic E-state index is -3.89. The van der Waals surface area contributed by atoms with Crippen LogP contribution in [0.3, 0.4) is 0 Å². The van der Waals surface area contributed by atoms with Crippen LogP contribution in [0.1, 0.15) is 29.7 Å². The van der Waals surface area contributed by atoms with Crippen molar-refractivity contribution in [3.05, 3.63) is 63.5 Å². The second-order valence-corrected chi connectivity index (χ2v) is 6.95. The summed E-state index contributed by atoms with van der Waals surface area (Å²) in [6.45, 7) is 4.98. The number of hydrogen-bond acceptors (Lipinski definition) is 5. The van der Waals surface area contributed by atoms with E-state index in [4.69, 9.17) is 0 Å². The molecule has 0 fully saturated rings. The average Bonchev–Trinajstić information content (AvgIpc) is 2.49. The number of nitrogens with one attached hydrogen (secondary N) is 1. The van der Waals surface area contributed by atoms with Gasteiger partial charge >= 0.3 is 0 Å². The largest absolute Gasteiger partial charge is 0.271 e. The Morgan fingerprint density at radius 1 is 1.22 bits per heavy atom. The van der Waals surface area contributed by atoms with Crippen molar-refractivity contribution in [2.45, 2.75) is 31.7 Å². The molecule has 1 N–H and O–H groups in total. The van der Waals surface area contributed by atoms with Crippen LogP contribution in [0.4, 0.5) is 5.69 Å². The van der Waals surface area contributed by atoms with E-state index in [1.54, 1.807) is 45.3 Å². The van der Waals surface area contributed by atoms with Gasteiger partial charge in [0.1, 0.15) is 0 Å². The molecule has 8 heteroatoms. The number of non-ortho nitro benzene ring substituents is 1. The van der Waals surface area contributed by atoms with Gasteiger partial charge < -0.3 is 0 Å². The first-order valence-electron chi connectivity index (χ1n) is 6.90. The van der Waals surface area contributed by atoms with Crippen LogP contribution in [0.5, 0.6) is 0 Å². The minimum Gasteiger partial charge on any atom is -0.265 e. The van der Waals surface area contributed by atoms with E-state index in [0.29, 0.717) is 11.1 Å². The molecular formula is C15H17N3O4S. The predicted molar refractivity (Wildman–Crippen MR) is 85.5 cm³/mol. The van der Waals surface area contributed by atoms with E-state index >= 15 is 0 Å². The van der Waals surface area contributed by atoms with Gasteiger partial charge in [-0.2, -0.15) is 0 Å². The van der Waals surface area contributed by atoms with E-state index < -0.39 is 21.0 Å². The van der Waals surface area contributed by atoms with Crippen molar-refractivity contribution in [3.8, 4) is 0 Å². The fourth-order valence-electron chi connectivity index (χ4n) is 2.21. The van der Waals surface area contributed by atoms with Gasteiger partial charge in [0.25, 0.3) is 5.69 Å². The molecule has 2 aromatic rings. The Morgan fingerprint density at radius 3 is 2.39 bits per heavy atom. The quantitative estimate of drug-likeness (QED) is 0.668. The number of nitrogens with zero attached hydrogens (tertiary/aromatic N) is 2. The highest BCUT2D eigenvalue weighted by atomic mass is 32.2. The van der Waals surface area contributed by atoms with E-state index in [9.17, 15) is 18.5 Å². The van der Waals surface area contributed by atoms with Crippen molar-refractivity contribution >= 4 is 15.7 Å². The molecule has 1 aromatic carbocycles. The Morgan fingerprint density at radius 2 is 1.83 bits per heavy atom. The Balaban J connectivity index is 2.42. The highest BCUT2D eigenvalue weighted by molar-refractivity contribution is 7.89. The van der Waals surface area contributed by atoms with Gasteiger partial charge in [0.2, 0.25) is 10.0 Å². The summed E-state index contributed by atoms with van der Waals surface area (Å²) in [6, 6.07) is 5.38. The number of benzene rings is 1. The fraction of sp³-hybridized carbons (Fsp3) is 0.267. The number of pyridine rings is 1. The first-order chi connectivity index (χ1) is 10.7. The molecule has 0 saturated heterocycles. The van der Waals surface area contributed by atoms with Gasteiger partial charge in [-0.05, 0) is 49.6 Å². The number of nitro benzene ring substituents is 1. The van der Waals surface area contributed by atoms with Crippen LogP contribution in [0.2, 0.25) is 0 Å². The van der Waals surface area contributed by atoms with Crippen LogP contribution in [0, 0.1) is 24.0 Å². The number of aromatic nitrogens is 1. The second kappa shape index (κ2) is 6.43. The lowest BCUT2D eigenvalue weighted by atomic mass is 10.1. The molecule has 1 heterocycles. The maximum atomic E-state index is 12.6. The first-order valence-corrected chi connectivity index (χ1v) is 8.38. The molecule has 0 aliphatic rings. The molecular weight excluding hydrogens is 318 g/mol. The Hall–Kier alpha value is -2.32. The lowest BCUT2D eigenvalue weighted by Gasteiger charge is -2.16. The standard InChI is InChI=1S/C15H17N3O4S/c1-10-8-14(18(19)20)9-15(11(10)2)23(21,22)17-12(3)13-4-6-16-7-5-13/h4-9,12,17H,1-3H3/t12-/m0/s1. The maximum absolute atomic E-state index is 12.6. The third kappa shape index (κ3) is 3.72. The topological polar surface area (TPSA) is 102 Å². The van der Waals surface area contributed by atoms with E-state index in [0.717, 1.165) is 11.6 Å². The van der Waals surface area contributed by atoms with Crippen LogP contribution < -0.4 is 4.72 Å². The summed E-state index contributed by atoms with van der Waals surface area (Å²) in [5, 5.41) is 11.0. The molecule has 0 saturated carbocycles. The molecule has 0 spiro atoms. The Labute approximate surface area is 134 Å². The van der Waals surface area contributed by atoms with E-state index in [1.807, 2.05) is 0 Å². The zero-order chi connectivity index (χ0) is 17.2. The van der Waals surface area contributed by atoms with E-state index in [-0.39, 0.29) is 10.6 Å². The van der Waals surface area contributed by atoms with Crippen LogP contribution in [0.25, 0.3) is 0 Å². The second-order valence-electron chi connectivity index (χ2n) is 5.27. The number of aryl methyl sites for hydroxylation is 1. The number of rotatable bonds is 5. The fourth-order valence-corrected chi connectivity index (χ4v) is 3.78. The summed E-state index contributed by atoms with van der Waals surface area (Å²) in [5.41, 5.74) is 1.55.